The second kappa shape index (κ2) is 10.4. The largest absolute Gasteiger partial charge is 0.399 e. The van der Waals surface area contributed by atoms with Crippen molar-refractivity contribution in [2.24, 2.45) is 0 Å². The van der Waals surface area contributed by atoms with Gasteiger partial charge in [-0.15, -0.1) is 24.8 Å². The third kappa shape index (κ3) is 5.32. The predicted molar refractivity (Wildman–Crippen MR) is 134 cm³/mol. The minimum Gasteiger partial charge on any atom is -0.399 e. The first-order valence-electron chi connectivity index (χ1n) is 10.1. The molecule has 0 spiro atoms. The van der Waals surface area contributed by atoms with E-state index in [1.165, 1.54) is 5.69 Å². The number of pyridine rings is 1. The maximum Gasteiger partial charge on any atom is 0.131 e. The van der Waals surface area contributed by atoms with Crippen molar-refractivity contribution in [1.82, 2.24) is 10.3 Å². The van der Waals surface area contributed by atoms with E-state index in [0.29, 0.717) is 16.8 Å². The summed E-state index contributed by atoms with van der Waals surface area (Å²) in [5, 5.41) is 7.93. The summed E-state index contributed by atoms with van der Waals surface area (Å²) >= 11 is 0. The summed E-state index contributed by atoms with van der Waals surface area (Å²) in [5.41, 5.74) is 11.7. The standard InChI is InChI=1S/C23H28FN5.2ClH/c1-14-10-17(25)12-19(23(14)24)16(3)28-22-11-15(2)27-21-5-4-18(13-20(21)22)29-8-6-26-7-9-29;;/h4-5,10-13,16,26H,6-9,25H2,1-3H3,(H,27,28);2*1H. The Morgan fingerprint density at radius 2 is 1.81 bits per heavy atom. The Kier molecular flexibility index (Phi) is 8.34. The Bertz CT molecular complexity index is 1050. The predicted octanol–water partition coefficient (Wildman–Crippen LogP) is 5.00. The Morgan fingerprint density at radius 1 is 1.10 bits per heavy atom. The number of benzene rings is 2. The first-order chi connectivity index (χ1) is 13.9. The van der Waals surface area contributed by atoms with Gasteiger partial charge in [-0.2, -0.15) is 0 Å². The second-order valence-corrected chi connectivity index (χ2v) is 7.86. The summed E-state index contributed by atoms with van der Waals surface area (Å²) in [4.78, 5) is 7.06. The topological polar surface area (TPSA) is 66.2 Å². The van der Waals surface area contributed by atoms with Gasteiger partial charge in [-0.25, -0.2) is 4.39 Å². The molecule has 5 nitrogen and oxygen atoms in total. The molecule has 1 saturated heterocycles. The summed E-state index contributed by atoms with van der Waals surface area (Å²) in [7, 11) is 0. The van der Waals surface area contributed by atoms with Gasteiger partial charge in [-0.05, 0) is 62.7 Å². The SMILES string of the molecule is Cc1cc(NC(C)c2cc(N)cc(C)c2F)c2cc(N3CCNCC3)ccc2n1.Cl.Cl. The first kappa shape index (κ1) is 25.0. The van der Waals surface area contributed by atoms with Gasteiger partial charge in [0.25, 0.3) is 0 Å². The van der Waals surface area contributed by atoms with Gasteiger partial charge in [0, 0.05) is 59.9 Å². The molecule has 0 aliphatic carbocycles. The van der Waals surface area contributed by atoms with Crippen molar-refractivity contribution in [3.63, 3.8) is 0 Å². The first-order valence-corrected chi connectivity index (χ1v) is 10.1. The van der Waals surface area contributed by atoms with Gasteiger partial charge in [0.1, 0.15) is 5.82 Å². The molecule has 1 atom stereocenters. The highest BCUT2D eigenvalue weighted by Gasteiger charge is 2.17. The Balaban J connectivity index is 0.00000171. The van der Waals surface area contributed by atoms with Crippen LogP contribution in [0.4, 0.5) is 21.5 Å². The molecule has 2 heterocycles. The quantitative estimate of drug-likeness (QED) is 0.473. The fourth-order valence-electron chi connectivity index (χ4n) is 4.04. The molecule has 1 aliphatic rings. The number of aryl methyl sites for hydroxylation is 2. The molecule has 0 radical (unpaired) electrons. The van der Waals surface area contributed by atoms with E-state index in [0.717, 1.165) is 48.5 Å². The van der Waals surface area contributed by atoms with E-state index in [-0.39, 0.29) is 36.7 Å². The van der Waals surface area contributed by atoms with Crippen LogP contribution in [-0.2, 0) is 0 Å². The Hall–Kier alpha value is -2.28. The maximum absolute atomic E-state index is 14.7. The van der Waals surface area contributed by atoms with E-state index in [1.807, 2.05) is 19.9 Å². The van der Waals surface area contributed by atoms with Gasteiger partial charge < -0.3 is 21.3 Å². The van der Waals surface area contributed by atoms with Crippen molar-refractivity contribution in [3.05, 3.63) is 59.0 Å². The smallest absolute Gasteiger partial charge is 0.131 e. The van der Waals surface area contributed by atoms with Crippen molar-refractivity contribution in [2.45, 2.75) is 26.8 Å². The summed E-state index contributed by atoms with van der Waals surface area (Å²) in [6.07, 6.45) is 0. The highest BCUT2D eigenvalue weighted by atomic mass is 35.5. The highest BCUT2D eigenvalue weighted by molar-refractivity contribution is 5.94. The molecular weight excluding hydrogens is 436 g/mol. The molecule has 1 unspecified atom stereocenters. The highest BCUT2D eigenvalue weighted by Crippen LogP contribution is 2.32. The number of hydrogen-bond acceptors (Lipinski definition) is 5. The van der Waals surface area contributed by atoms with E-state index >= 15 is 0 Å². The average molecular weight is 466 g/mol. The van der Waals surface area contributed by atoms with Gasteiger partial charge >= 0.3 is 0 Å². The third-order valence-corrected chi connectivity index (χ3v) is 5.55. The lowest BCUT2D eigenvalue weighted by atomic mass is 10.0. The molecule has 0 saturated carbocycles. The van der Waals surface area contributed by atoms with Gasteiger partial charge in [-0.3, -0.25) is 4.98 Å². The molecule has 0 amide bonds. The summed E-state index contributed by atoms with van der Waals surface area (Å²) in [6, 6.07) is 11.6. The fourth-order valence-corrected chi connectivity index (χ4v) is 4.04. The van der Waals surface area contributed by atoms with E-state index in [2.05, 4.69) is 38.7 Å². The maximum atomic E-state index is 14.7. The lowest BCUT2D eigenvalue weighted by molar-refractivity contribution is 0.589. The van der Waals surface area contributed by atoms with Crippen LogP contribution in [0.25, 0.3) is 10.9 Å². The van der Waals surface area contributed by atoms with Crippen LogP contribution in [0, 0.1) is 19.7 Å². The van der Waals surface area contributed by atoms with Gasteiger partial charge in [0.2, 0.25) is 0 Å². The average Bonchev–Trinajstić information content (AvgIpc) is 2.71. The molecule has 31 heavy (non-hydrogen) atoms. The lowest BCUT2D eigenvalue weighted by Crippen LogP contribution is -2.43. The summed E-state index contributed by atoms with van der Waals surface area (Å²) in [6.45, 7) is 9.62. The van der Waals surface area contributed by atoms with Crippen LogP contribution in [0.2, 0.25) is 0 Å². The molecule has 0 bridgehead atoms. The molecular formula is C23H30Cl2FN5. The van der Waals surface area contributed by atoms with Crippen LogP contribution in [0.5, 0.6) is 0 Å². The zero-order chi connectivity index (χ0) is 20.5. The number of nitrogens with zero attached hydrogens (tertiary/aromatic N) is 2. The third-order valence-electron chi connectivity index (χ3n) is 5.55. The van der Waals surface area contributed by atoms with Crippen LogP contribution in [0.3, 0.4) is 0 Å². The van der Waals surface area contributed by atoms with Crippen LogP contribution < -0.4 is 21.3 Å². The van der Waals surface area contributed by atoms with Crippen LogP contribution in [0.1, 0.15) is 29.8 Å². The molecule has 2 aromatic carbocycles. The van der Waals surface area contributed by atoms with Crippen LogP contribution in [-0.4, -0.2) is 31.2 Å². The van der Waals surface area contributed by atoms with Gasteiger partial charge in [0.15, 0.2) is 0 Å². The Labute approximate surface area is 195 Å². The van der Waals surface area contributed by atoms with Crippen molar-refractivity contribution in [2.75, 3.05) is 42.1 Å². The molecule has 4 rings (SSSR count). The van der Waals surface area contributed by atoms with E-state index in [9.17, 15) is 4.39 Å². The molecule has 1 aliphatic heterocycles. The molecule has 8 heteroatoms. The van der Waals surface area contributed by atoms with Crippen LogP contribution >= 0.6 is 24.8 Å². The Morgan fingerprint density at radius 3 is 2.52 bits per heavy atom. The lowest BCUT2D eigenvalue weighted by Gasteiger charge is -2.30. The normalized spacial score (nSPS) is 14.5. The van der Waals surface area contributed by atoms with Crippen molar-refractivity contribution in [1.29, 1.82) is 0 Å². The number of halogens is 3. The summed E-state index contributed by atoms with van der Waals surface area (Å²) in [5.74, 6) is -0.212. The van der Waals surface area contributed by atoms with Crippen molar-refractivity contribution in [3.8, 4) is 0 Å². The van der Waals surface area contributed by atoms with E-state index < -0.39 is 0 Å². The number of nitrogens with two attached hydrogens (primary N) is 1. The van der Waals surface area contributed by atoms with E-state index in [1.54, 1.807) is 19.1 Å². The molecule has 1 fully saturated rings. The molecule has 4 N–H and O–H groups in total. The second-order valence-electron chi connectivity index (χ2n) is 7.86. The zero-order valence-corrected chi connectivity index (χ0v) is 19.7. The minimum atomic E-state index is -0.231. The van der Waals surface area contributed by atoms with E-state index in [4.69, 9.17) is 5.73 Å². The number of anilines is 3. The zero-order valence-electron chi connectivity index (χ0n) is 18.0. The number of nitrogens with one attached hydrogen (secondary N) is 2. The monoisotopic (exact) mass is 465 g/mol. The summed E-state index contributed by atoms with van der Waals surface area (Å²) < 4.78 is 14.7. The number of piperazine rings is 1. The number of rotatable bonds is 4. The molecule has 3 aromatic rings. The number of fused-ring (bicyclic) bond motifs is 1. The van der Waals surface area contributed by atoms with Gasteiger partial charge in [-0.1, -0.05) is 0 Å². The minimum absolute atomic E-state index is 0. The van der Waals surface area contributed by atoms with Gasteiger partial charge in [0.05, 0.1) is 11.6 Å². The van der Waals surface area contributed by atoms with Crippen LogP contribution in [0.15, 0.2) is 36.4 Å². The fraction of sp³-hybridized carbons (Fsp3) is 0.348. The number of nitrogen functional groups attached to an aromatic ring is 1. The van der Waals surface area contributed by atoms with Crippen molar-refractivity contribution >= 4 is 52.8 Å². The molecule has 1 aromatic heterocycles. The number of aromatic nitrogens is 1. The molecule has 168 valence electrons. The van der Waals surface area contributed by atoms with Crippen molar-refractivity contribution < 1.29 is 4.39 Å². The number of hydrogen-bond donors (Lipinski definition) is 3.